The maximum atomic E-state index is 12.4. The highest BCUT2D eigenvalue weighted by atomic mass is 32.2. The molecular weight excluding hydrogens is 368 g/mol. The van der Waals surface area contributed by atoms with Crippen molar-refractivity contribution in [3.05, 3.63) is 65.7 Å². The number of para-hydroxylation sites is 1. The lowest BCUT2D eigenvalue weighted by Gasteiger charge is -2.10. The van der Waals surface area contributed by atoms with Crippen molar-refractivity contribution in [1.82, 2.24) is 0 Å². The van der Waals surface area contributed by atoms with Gasteiger partial charge in [0.25, 0.3) is 5.91 Å². The first-order valence-electron chi connectivity index (χ1n) is 8.12. The highest BCUT2D eigenvalue weighted by molar-refractivity contribution is 8.38. The van der Waals surface area contributed by atoms with Crippen LogP contribution >= 0.6 is 23.5 Å². The van der Waals surface area contributed by atoms with Gasteiger partial charge in [0.15, 0.2) is 6.61 Å². The van der Waals surface area contributed by atoms with Gasteiger partial charge in [0.2, 0.25) is 0 Å². The van der Waals surface area contributed by atoms with E-state index in [1.54, 1.807) is 47.8 Å². The Hall–Kier alpha value is -2.25. The van der Waals surface area contributed by atoms with Crippen molar-refractivity contribution >= 4 is 45.5 Å². The molecule has 2 aromatic carbocycles. The number of carbonyl (C=O) groups is 2. The molecule has 0 spiro atoms. The van der Waals surface area contributed by atoms with E-state index in [-0.39, 0.29) is 12.5 Å². The molecule has 0 bridgehead atoms. The Morgan fingerprint density at radius 3 is 2.65 bits per heavy atom. The zero-order valence-corrected chi connectivity index (χ0v) is 15.6. The van der Waals surface area contributed by atoms with Crippen LogP contribution in [0.25, 0.3) is 0 Å². The molecule has 2 aromatic rings. The zero-order chi connectivity index (χ0) is 18.2. The molecule has 26 heavy (non-hydrogen) atoms. The monoisotopic (exact) mass is 386 g/mol. The summed E-state index contributed by atoms with van der Waals surface area (Å²) in [5, 5.41) is 2.69. The smallest absolute Gasteiger partial charge is 0.338 e. The second-order valence-electron chi connectivity index (χ2n) is 5.43. The van der Waals surface area contributed by atoms with Gasteiger partial charge in [-0.25, -0.2) is 4.79 Å². The first-order chi connectivity index (χ1) is 12.7. The normalized spacial score (nSPS) is 13.2. The largest absolute Gasteiger partial charge is 0.452 e. The number of anilines is 1. The van der Waals surface area contributed by atoms with E-state index in [4.69, 9.17) is 4.74 Å². The first kappa shape index (κ1) is 18.5. The van der Waals surface area contributed by atoms with Crippen molar-refractivity contribution in [2.45, 2.75) is 5.75 Å². The van der Waals surface area contributed by atoms with Crippen LogP contribution in [0.3, 0.4) is 0 Å². The van der Waals surface area contributed by atoms with Crippen LogP contribution in [0.1, 0.15) is 15.9 Å². The van der Waals surface area contributed by atoms with E-state index in [0.29, 0.717) is 17.0 Å². The Balaban J connectivity index is 1.54. The van der Waals surface area contributed by atoms with Crippen LogP contribution in [0, 0.1) is 0 Å². The van der Waals surface area contributed by atoms with Crippen LogP contribution in [0.2, 0.25) is 0 Å². The molecule has 0 saturated carbocycles. The van der Waals surface area contributed by atoms with Crippen LogP contribution in [-0.4, -0.2) is 35.2 Å². The van der Waals surface area contributed by atoms with Crippen LogP contribution < -0.4 is 5.32 Å². The molecule has 0 saturated heterocycles. The summed E-state index contributed by atoms with van der Waals surface area (Å²) in [5.74, 6) is 0.800. The minimum absolute atomic E-state index is 0.322. The topological polar surface area (TPSA) is 67.8 Å². The Labute approximate surface area is 160 Å². The third-order valence-electron chi connectivity index (χ3n) is 3.54. The number of amides is 1. The summed E-state index contributed by atoms with van der Waals surface area (Å²) in [7, 11) is 0. The minimum Gasteiger partial charge on any atom is -0.452 e. The van der Waals surface area contributed by atoms with Crippen molar-refractivity contribution in [2.75, 3.05) is 24.2 Å². The number of nitrogens with zero attached hydrogens (tertiary/aromatic N) is 1. The molecular formula is C19H18N2O3S2. The lowest BCUT2D eigenvalue weighted by Crippen LogP contribution is -2.21. The van der Waals surface area contributed by atoms with Crippen molar-refractivity contribution in [2.24, 2.45) is 4.99 Å². The molecule has 0 unspecified atom stereocenters. The van der Waals surface area contributed by atoms with E-state index < -0.39 is 5.97 Å². The van der Waals surface area contributed by atoms with E-state index in [1.807, 2.05) is 30.3 Å². The Kier molecular flexibility index (Phi) is 6.74. The molecule has 1 aliphatic heterocycles. The molecule has 0 radical (unpaired) electrons. The molecule has 134 valence electrons. The van der Waals surface area contributed by atoms with Gasteiger partial charge >= 0.3 is 5.97 Å². The predicted octanol–water partition coefficient (Wildman–Crippen LogP) is 3.82. The Morgan fingerprint density at radius 2 is 1.88 bits per heavy atom. The number of ether oxygens (including phenoxy) is 1. The zero-order valence-electron chi connectivity index (χ0n) is 14.0. The summed E-state index contributed by atoms with van der Waals surface area (Å²) >= 11 is 3.36. The molecule has 3 rings (SSSR count). The van der Waals surface area contributed by atoms with Gasteiger partial charge in [0.05, 0.1) is 12.1 Å². The third-order valence-corrected chi connectivity index (χ3v) is 5.84. The second-order valence-corrected chi connectivity index (χ2v) is 7.74. The van der Waals surface area contributed by atoms with Gasteiger partial charge in [-0.15, -0.1) is 0 Å². The number of rotatable bonds is 6. The maximum absolute atomic E-state index is 12.4. The summed E-state index contributed by atoms with van der Waals surface area (Å²) in [6.07, 6.45) is 0. The van der Waals surface area contributed by atoms with Gasteiger partial charge in [-0.2, -0.15) is 0 Å². The number of hydrogen-bond acceptors (Lipinski definition) is 6. The number of thioether (sulfide) groups is 2. The van der Waals surface area contributed by atoms with E-state index in [2.05, 4.69) is 10.3 Å². The van der Waals surface area contributed by atoms with Crippen LogP contribution in [0.5, 0.6) is 0 Å². The van der Waals surface area contributed by atoms with Gasteiger partial charge in [0.1, 0.15) is 4.38 Å². The summed E-state index contributed by atoms with van der Waals surface area (Å²) < 4.78 is 6.23. The SMILES string of the molecule is O=C(COC(=O)c1ccccc1CSC1=NCCS1)Nc1ccccc1. The highest BCUT2D eigenvalue weighted by Gasteiger charge is 2.16. The highest BCUT2D eigenvalue weighted by Crippen LogP contribution is 2.26. The standard InChI is InChI=1S/C19H18N2O3S2/c22-17(21-15-7-2-1-3-8-15)12-24-18(23)16-9-5-4-6-14(16)13-26-19-20-10-11-25-19/h1-9H,10-13H2,(H,21,22). The van der Waals surface area contributed by atoms with Crippen molar-refractivity contribution in [3.63, 3.8) is 0 Å². The van der Waals surface area contributed by atoms with Gasteiger partial charge in [-0.3, -0.25) is 9.79 Å². The van der Waals surface area contributed by atoms with Gasteiger partial charge in [0, 0.05) is 17.2 Å². The van der Waals surface area contributed by atoms with Crippen molar-refractivity contribution < 1.29 is 14.3 Å². The molecule has 5 nitrogen and oxygen atoms in total. The Morgan fingerprint density at radius 1 is 1.12 bits per heavy atom. The summed E-state index contributed by atoms with van der Waals surface area (Å²) in [4.78, 5) is 28.7. The molecule has 0 fully saturated rings. The number of nitrogens with one attached hydrogen (secondary N) is 1. The molecule has 1 amide bonds. The molecule has 7 heteroatoms. The molecule has 0 atom stereocenters. The molecule has 0 aliphatic carbocycles. The van der Waals surface area contributed by atoms with Gasteiger partial charge in [-0.1, -0.05) is 59.9 Å². The number of aliphatic imine (C=N–C) groups is 1. The fraction of sp³-hybridized carbons (Fsp3) is 0.211. The van der Waals surface area contributed by atoms with Crippen LogP contribution in [0.4, 0.5) is 5.69 Å². The van der Waals surface area contributed by atoms with Gasteiger partial charge < -0.3 is 10.1 Å². The summed E-state index contributed by atoms with van der Waals surface area (Å²) in [5.41, 5.74) is 2.03. The number of carbonyl (C=O) groups excluding carboxylic acids is 2. The minimum atomic E-state index is -0.495. The predicted molar refractivity (Wildman–Crippen MR) is 108 cm³/mol. The Bertz CT molecular complexity index is 809. The van der Waals surface area contributed by atoms with E-state index in [9.17, 15) is 9.59 Å². The first-order valence-corrected chi connectivity index (χ1v) is 10.1. The molecule has 1 heterocycles. The van der Waals surface area contributed by atoms with Crippen molar-refractivity contribution in [1.29, 1.82) is 0 Å². The fourth-order valence-electron chi connectivity index (χ4n) is 2.32. The van der Waals surface area contributed by atoms with E-state index >= 15 is 0 Å². The fourth-order valence-corrected chi connectivity index (χ4v) is 4.33. The average Bonchev–Trinajstić information content (AvgIpc) is 3.19. The quantitative estimate of drug-likeness (QED) is 0.765. The van der Waals surface area contributed by atoms with Gasteiger partial charge in [-0.05, 0) is 23.8 Å². The number of benzene rings is 2. The lowest BCUT2D eigenvalue weighted by molar-refractivity contribution is -0.119. The third kappa shape index (κ3) is 5.37. The van der Waals surface area contributed by atoms with E-state index in [1.165, 1.54) is 0 Å². The average molecular weight is 386 g/mol. The van der Waals surface area contributed by atoms with Crippen LogP contribution in [0.15, 0.2) is 59.6 Å². The molecule has 1 N–H and O–H groups in total. The lowest BCUT2D eigenvalue weighted by atomic mass is 10.1. The van der Waals surface area contributed by atoms with Crippen molar-refractivity contribution in [3.8, 4) is 0 Å². The van der Waals surface area contributed by atoms with E-state index in [0.717, 1.165) is 22.2 Å². The number of hydrogen-bond donors (Lipinski definition) is 1. The molecule has 1 aliphatic rings. The van der Waals surface area contributed by atoms with Crippen LogP contribution in [-0.2, 0) is 15.3 Å². The maximum Gasteiger partial charge on any atom is 0.338 e. The number of esters is 1. The summed E-state index contributed by atoms with van der Waals surface area (Å²) in [6.45, 7) is 0.533. The second kappa shape index (κ2) is 9.45. The summed E-state index contributed by atoms with van der Waals surface area (Å²) in [6, 6.07) is 16.3. The molecule has 0 aromatic heterocycles.